The number of amides is 1. The first-order valence-corrected chi connectivity index (χ1v) is 8.87. The smallest absolute Gasteiger partial charge is 0.265 e. The Morgan fingerprint density at radius 1 is 1.17 bits per heavy atom. The molecular weight excluding hydrogens is 375 g/mol. The fraction of sp³-hybridized carbons (Fsp3) is 0.133. The number of carbonyl (C=O) groups excluding carboxylic acids is 1. The molecule has 1 amide bonds. The van der Waals surface area contributed by atoms with Gasteiger partial charge in [-0.3, -0.25) is 9.10 Å². The van der Waals surface area contributed by atoms with Crippen LogP contribution in [-0.2, 0) is 10.0 Å². The zero-order valence-corrected chi connectivity index (χ0v) is 15.1. The summed E-state index contributed by atoms with van der Waals surface area (Å²) in [6, 6.07) is 8.25. The second-order valence-electron chi connectivity index (χ2n) is 4.80. The molecule has 0 bridgehead atoms. The maximum absolute atomic E-state index is 12.8. The Morgan fingerprint density at radius 2 is 1.79 bits per heavy atom. The van der Waals surface area contributed by atoms with Gasteiger partial charge in [-0.05, 0) is 24.3 Å². The predicted octanol–water partition coefficient (Wildman–Crippen LogP) is 2.88. The van der Waals surface area contributed by atoms with E-state index in [9.17, 15) is 18.3 Å². The minimum atomic E-state index is -4.12. The molecule has 2 rings (SSSR count). The van der Waals surface area contributed by atoms with Gasteiger partial charge in [0.25, 0.3) is 15.9 Å². The molecule has 2 N–H and O–H groups in total. The molecular formula is C15H14Cl2N2O4S. The molecule has 0 unspecified atom stereocenters. The van der Waals surface area contributed by atoms with Gasteiger partial charge in [0.1, 0.15) is 10.6 Å². The molecule has 24 heavy (non-hydrogen) atoms. The quantitative estimate of drug-likeness (QED) is 0.842. The van der Waals surface area contributed by atoms with Crippen LogP contribution in [0.4, 0.5) is 5.69 Å². The number of nitrogens with zero attached hydrogens (tertiary/aromatic N) is 1. The molecule has 0 aromatic heterocycles. The summed E-state index contributed by atoms with van der Waals surface area (Å²) in [6.07, 6.45) is 0. The van der Waals surface area contributed by atoms with Crippen LogP contribution in [0.15, 0.2) is 41.3 Å². The predicted molar refractivity (Wildman–Crippen MR) is 93.5 cm³/mol. The Bertz CT molecular complexity index is 900. The van der Waals surface area contributed by atoms with Crippen LogP contribution in [0, 0.1) is 0 Å². The van der Waals surface area contributed by atoms with E-state index in [1.165, 1.54) is 32.3 Å². The molecule has 0 atom stereocenters. The van der Waals surface area contributed by atoms with Crippen LogP contribution in [0.25, 0.3) is 0 Å². The van der Waals surface area contributed by atoms with Crippen LogP contribution in [0.1, 0.15) is 10.4 Å². The van der Waals surface area contributed by atoms with Crippen molar-refractivity contribution >= 4 is 44.8 Å². The first-order chi connectivity index (χ1) is 11.2. The van der Waals surface area contributed by atoms with Crippen molar-refractivity contribution in [1.29, 1.82) is 0 Å². The van der Waals surface area contributed by atoms with Gasteiger partial charge in [0.15, 0.2) is 0 Å². The molecule has 0 saturated heterocycles. The van der Waals surface area contributed by atoms with Gasteiger partial charge in [0.05, 0.1) is 21.3 Å². The largest absolute Gasteiger partial charge is 0.506 e. The van der Waals surface area contributed by atoms with E-state index in [-0.39, 0.29) is 31.9 Å². The van der Waals surface area contributed by atoms with Crippen molar-refractivity contribution in [2.75, 3.05) is 18.4 Å². The van der Waals surface area contributed by atoms with Crippen molar-refractivity contribution in [1.82, 2.24) is 5.32 Å². The normalized spacial score (nSPS) is 11.2. The van der Waals surface area contributed by atoms with Crippen molar-refractivity contribution in [3.05, 3.63) is 52.0 Å². The third-order valence-electron chi connectivity index (χ3n) is 3.35. The molecule has 0 fully saturated rings. The Kier molecular flexibility index (Phi) is 5.27. The summed E-state index contributed by atoms with van der Waals surface area (Å²) >= 11 is 12.0. The van der Waals surface area contributed by atoms with Crippen molar-refractivity contribution < 1.29 is 18.3 Å². The Morgan fingerprint density at radius 3 is 2.38 bits per heavy atom. The highest BCUT2D eigenvalue weighted by Gasteiger charge is 2.28. The molecule has 0 aliphatic heterocycles. The lowest BCUT2D eigenvalue weighted by Crippen LogP contribution is -2.27. The number of benzene rings is 2. The lowest BCUT2D eigenvalue weighted by Gasteiger charge is -2.21. The Hall–Kier alpha value is -1.96. The van der Waals surface area contributed by atoms with E-state index in [2.05, 4.69) is 5.32 Å². The first kappa shape index (κ1) is 18.4. The number of anilines is 1. The average Bonchev–Trinajstić information content (AvgIpc) is 2.53. The lowest BCUT2D eigenvalue weighted by molar-refractivity contribution is 0.0963. The minimum Gasteiger partial charge on any atom is -0.506 e. The first-order valence-electron chi connectivity index (χ1n) is 6.68. The Labute approximate surface area is 149 Å². The fourth-order valence-corrected chi connectivity index (χ4v) is 4.08. The van der Waals surface area contributed by atoms with E-state index < -0.39 is 15.9 Å². The average molecular weight is 389 g/mol. The summed E-state index contributed by atoms with van der Waals surface area (Å²) in [5, 5.41) is 12.1. The molecule has 2 aromatic carbocycles. The fourth-order valence-electron chi connectivity index (χ4n) is 2.04. The maximum Gasteiger partial charge on any atom is 0.265 e. The number of aromatic hydroxyl groups is 1. The number of halogens is 2. The molecule has 0 aliphatic carbocycles. The summed E-state index contributed by atoms with van der Waals surface area (Å²) in [4.78, 5) is 11.5. The number of phenolic OH excluding ortho intramolecular Hbond substituents is 1. The van der Waals surface area contributed by atoms with Crippen LogP contribution in [-0.4, -0.2) is 33.5 Å². The van der Waals surface area contributed by atoms with E-state index in [1.807, 2.05) is 0 Å². The minimum absolute atomic E-state index is 0.0205. The maximum atomic E-state index is 12.8. The molecule has 2 aromatic rings. The molecule has 0 aliphatic rings. The number of para-hydroxylation sites is 2. The molecule has 128 valence electrons. The highest BCUT2D eigenvalue weighted by atomic mass is 35.5. The van der Waals surface area contributed by atoms with Crippen molar-refractivity contribution in [3.8, 4) is 5.75 Å². The summed E-state index contributed by atoms with van der Waals surface area (Å²) in [5.41, 5.74) is 0.0536. The van der Waals surface area contributed by atoms with E-state index >= 15 is 0 Å². The van der Waals surface area contributed by atoms with Gasteiger partial charge in [0.2, 0.25) is 0 Å². The SMILES string of the molecule is CNC(=O)c1cc(S(=O)(=O)N(C)c2ccccc2O)c(Cl)cc1Cl. The highest BCUT2D eigenvalue weighted by Crippen LogP contribution is 2.34. The highest BCUT2D eigenvalue weighted by molar-refractivity contribution is 7.93. The van der Waals surface area contributed by atoms with Crippen molar-refractivity contribution in [2.45, 2.75) is 4.90 Å². The molecule has 6 nitrogen and oxygen atoms in total. The topological polar surface area (TPSA) is 86.7 Å². The summed E-state index contributed by atoms with van der Waals surface area (Å²) in [6.45, 7) is 0. The number of sulfonamides is 1. The monoisotopic (exact) mass is 388 g/mol. The molecule has 0 spiro atoms. The molecule has 0 heterocycles. The summed E-state index contributed by atoms with van der Waals surface area (Å²) in [5.74, 6) is -0.751. The molecule has 0 saturated carbocycles. The zero-order chi connectivity index (χ0) is 18.1. The van der Waals surface area contributed by atoms with Crippen molar-refractivity contribution in [3.63, 3.8) is 0 Å². The second kappa shape index (κ2) is 6.88. The van der Waals surface area contributed by atoms with Gasteiger partial charge in [-0.1, -0.05) is 35.3 Å². The van der Waals surface area contributed by atoms with Gasteiger partial charge < -0.3 is 10.4 Å². The number of nitrogens with one attached hydrogen (secondary N) is 1. The van der Waals surface area contributed by atoms with Crippen LogP contribution < -0.4 is 9.62 Å². The summed E-state index contributed by atoms with van der Waals surface area (Å²) < 4.78 is 26.6. The van der Waals surface area contributed by atoms with E-state index in [0.29, 0.717) is 0 Å². The van der Waals surface area contributed by atoms with Crippen LogP contribution in [0.2, 0.25) is 10.0 Å². The number of carbonyl (C=O) groups is 1. The van der Waals surface area contributed by atoms with Gasteiger partial charge >= 0.3 is 0 Å². The lowest BCUT2D eigenvalue weighted by atomic mass is 10.2. The van der Waals surface area contributed by atoms with Gasteiger partial charge in [-0.2, -0.15) is 0 Å². The van der Waals surface area contributed by atoms with Crippen LogP contribution >= 0.6 is 23.2 Å². The van der Waals surface area contributed by atoms with E-state index in [1.54, 1.807) is 12.1 Å². The van der Waals surface area contributed by atoms with Gasteiger partial charge in [-0.15, -0.1) is 0 Å². The standard InChI is InChI=1S/C15H14Cl2N2O4S/c1-18-15(21)9-7-14(11(17)8-10(9)16)24(22,23)19(2)12-5-3-4-6-13(12)20/h3-8,20H,1-2H3,(H,18,21). The van der Waals surface area contributed by atoms with Crippen LogP contribution in [0.5, 0.6) is 5.75 Å². The van der Waals surface area contributed by atoms with Gasteiger partial charge in [0, 0.05) is 14.1 Å². The zero-order valence-electron chi connectivity index (χ0n) is 12.7. The van der Waals surface area contributed by atoms with Crippen LogP contribution in [0.3, 0.4) is 0 Å². The Balaban J connectivity index is 2.61. The third-order valence-corrected chi connectivity index (χ3v) is 5.90. The van der Waals surface area contributed by atoms with Gasteiger partial charge in [-0.25, -0.2) is 8.42 Å². The van der Waals surface area contributed by atoms with E-state index in [0.717, 1.165) is 10.4 Å². The summed E-state index contributed by atoms with van der Waals surface area (Å²) in [7, 11) is -1.45. The number of hydrogen-bond donors (Lipinski definition) is 2. The number of phenols is 1. The van der Waals surface area contributed by atoms with Crippen molar-refractivity contribution in [2.24, 2.45) is 0 Å². The third kappa shape index (κ3) is 3.28. The molecule has 9 heteroatoms. The number of rotatable bonds is 4. The second-order valence-corrected chi connectivity index (χ2v) is 7.55. The number of hydrogen-bond acceptors (Lipinski definition) is 4. The molecule has 0 radical (unpaired) electrons. The van der Waals surface area contributed by atoms with E-state index in [4.69, 9.17) is 23.2 Å².